The van der Waals surface area contributed by atoms with E-state index >= 15 is 0 Å². The minimum absolute atomic E-state index is 0. The lowest BCUT2D eigenvalue weighted by molar-refractivity contribution is -0.133. The first-order chi connectivity index (χ1) is 10.6. The van der Waals surface area contributed by atoms with Crippen LogP contribution in [0.3, 0.4) is 0 Å². The molecule has 8 heteroatoms. The average Bonchev–Trinajstić information content (AvgIpc) is 3.01. The Hall–Kier alpha value is -1.31. The van der Waals surface area contributed by atoms with Crippen molar-refractivity contribution < 1.29 is 14.3 Å². The highest BCUT2D eigenvalue weighted by atomic mass is 79.9. The quantitative estimate of drug-likeness (QED) is 0.778. The Kier molecular flexibility index (Phi) is 7.81. The van der Waals surface area contributed by atoms with Crippen molar-refractivity contribution in [2.24, 2.45) is 5.73 Å². The lowest BCUT2D eigenvalue weighted by Crippen LogP contribution is -2.41. The van der Waals surface area contributed by atoms with Crippen molar-refractivity contribution in [3.05, 3.63) is 28.2 Å². The predicted molar refractivity (Wildman–Crippen MR) is 93.7 cm³/mol. The Bertz CT molecular complexity index is 571. The van der Waals surface area contributed by atoms with Crippen LogP contribution in [0.2, 0.25) is 0 Å². The number of amides is 2. The molecule has 1 heterocycles. The van der Waals surface area contributed by atoms with Crippen LogP contribution in [0.1, 0.15) is 24.4 Å². The van der Waals surface area contributed by atoms with E-state index < -0.39 is 0 Å². The van der Waals surface area contributed by atoms with Gasteiger partial charge < -0.3 is 20.7 Å². The lowest BCUT2D eigenvalue weighted by Gasteiger charge is -2.26. The molecule has 128 valence electrons. The van der Waals surface area contributed by atoms with Crippen molar-refractivity contribution in [3.8, 4) is 5.75 Å². The molecular formula is C15H21BrClN3O3. The van der Waals surface area contributed by atoms with Gasteiger partial charge >= 0.3 is 0 Å². The summed E-state index contributed by atoms with van der Waals surface area (Å²) < 4.78 is 6.35. The molecular weight excluding hydrogens is 386 g/mol. The summed E-state index contributed by atoms with van der Waals surface area (Å²) in [6.07, 6.45) is 1.81. The van der Waals surface area contributed by atoms with Crippen LogP contribution >= 0.6 is 28.3 Å². The average molecular weight is 407 g/mol. The van der Waals surface area contributed by atoms with E-state index in [1.54, 1.807) is 12.0 Å². The van der Waals surface area contributed by atoms with Crippen LogP contribution in [0.4, 0.5) is 0 Å². The van der Waals surface area contributed by atoms with Gasteiger partial charge in [0.1, 0.15) is 5.75 Å². The SMILES string of the molecule is COc1ccc(Br)cc1C1CCCN1C(=O)CNC(=O)CN.Cl. The first-order valence-electron chi connectivity index (χ1n) is 7.16. The number of nitrogens with two attached hydrogens (primary N) is 1. The Balaban J connectivity index is 0.00000264. The summed E-state index contributed by atoms with van der Waals surface area (Å²) in [6.45, 7) is 0.538. The summed E-state index contributed by atoms with van der Waals surface area (Å²) in [5.74, 6) is 0.328. The third-order valence-electron chi connectivity index (χ3n) is 3.75. The Labute approximate surface area is 150 Å². The topological polar surface area (TPSA) is 84.7 Å². The fraction of sp³-hybridized carbons (Fsp3) is 0.467. The first kappa shape index (κ1) is 19.7. The number of hydrogen-bond acceptors (Lipinski definition) is 4. The molecule has 0 spiro atoms. The molecule has 0 radical (unpaired) electrons. The molecule has 23 heavy (non-hydrogen) atoms. The second-order valence-electron chi connectivity index (χ2n) is 5.11. The van der Waals surface area contributed by atoms with Gasteiger partial charge in [-0.25, -0.2) is 0 Å². The summed E-state index contributed by atoms with van der Waals surface area (Å²) >= 11 is 3.46. The van der Waals surface area contributed by atoms with E-state index in [4.69, 9.17) is 10.5 Å². The molecule has 2 rings (SSSR count). The Morgan fingerprint density at radius 3 is 2.87 bits per heavy atom. The molecule has 0 saturated carbocycles. The van der Waals surface area contributed by atoms with Gasteiger partial charge in [-0.1, -0.05) is 15.9 Å². The zero-order valence-electron chi connectivity index (χ0n) is 12.9. The summed E-state index contributed by atoms with van der Waals surface area (Å²) in [7, 11) is 1.62. The van der Waals surface area contributed by atoms with Gasteiger partial charge in [-0.15, -0.1) is 12.4 Å². The summed E-state index contributed by atoms with van der Waals surface area (Å²) in [5.41, 5.74) is 6.21. The van der Waals surface area contributed by atoms with Crippen LogP contribution in [-0.2, 0) is 9.59 Å². The number of likely N-dealkylation sites (tertiary alicyclic amines) is 1. The molecule has 1 unspecified atom stereocenters. The number of carbonyl (C=O) groups is 2. The van der Waals surface area contributed by atoms with Gasteiger partial charge in [0.05, 0.1) is 26.2 Å². The maximum Gasteiger partial charge on any atom is 0.242 e. The molecule has 1 aromatic carbocycles. The van der Waals surface area contributed by atoms with Crippen molar-refractivity contribution in [2.75, 3.05) is 26.7 Å². The number of benzene rings is 1. The number of nitrogens with zero attached hydrogens (tertiary/aromatic N) is 1. The van der Waals surface area contributed by atoms with Crippen molar-refractivity contribution in [1.29, 1.82) is 0 Å². The van der Waals surface area contributed by atoms with E-state index in [1.807, 2.05) is 18.2 Å². The van der Waals surface area contributed by atoms with Crippen LogP contribution in [-0.4, -0.2) is 43.5 Å². The largest absolute Gasteiger partial charge is 0.496 e. The van der Waals surface area contributed by atoms with Crippen molar-refractivity contribution >= 4 is 40.2 Å². The minimum atomic E-state index is -0.330. The molecule has 1 aliphatic heterocycles. The molecule has 1 fully saturated rings. The molecule has 6 nitrogen and oxygen atoms in total. The molecule has 1 aromatic rings. The van der Waals surface area contributed by atoms with E-state index in [0.29, 0.717) is 6.54 Å². The van der Waals surface area contributed by atoms with Gasteiger partial charge in [0.25, 0.3) is 0 Å². The second kappa shape index (κ2) is 9.10. The zero-order chi connectivity index (χ0) is 16.1. The van der Waals surface area contributed by atoms with Gasteiger partial charge in [0, 0.05) is 16.6 Å². The number of rotatable bonds is 5. The highest BCUT2D eigenvalue weighted by Crippen LogP contribution is 2.38. The fourth-order valence-corrected chi connectivity index (χ4v) is 3.08. The van der Waals surface area contributed by atoms with Gasteiger partial charge in [-0.05, 0) is 31.0 Å². The first-order valence-corrected chi connectivity index (χ1v) is 7.95. The van der Waals surface area contributed by atoms with Crippen LogP contribution in [0.25, 0.3) is 0 Å². The van der Waals surface area contributed by atoms with Crippen LogP contribution < -0.4 is 15.8 Å². The van der Waals surface area contributed by atoms with Gasteiger partial charge in [0.15, 0.2) is 0 Å². The zero-order valence-corrected chi connectivity index (χ0v) is 15.3. The highest BCUT2D eigenvalue weighted by molar-refractivity contribution is 9.10. The Morgan fingerprint density at radius 1 is 1.48 bits per heavy atom. The van der Waals surface area contributed by atoms with Crippen LogP contribution in [0.15, 0.2) is 22.7 Å². The maximum absolute atomic E-state index is 12.4. The van der Waals surface area contributed by atoms with E-state index in [2.05, 4.69) is 21.2 Å². The molecule has 0 bridgehead atoms. The van der Waals surface area contributed by atoms with E-state index in [1.165, 1.54) is 0 Å². The second-order valence-corrected chi connectivity index (χ2v) is 6.03. The monoisotopic (exact) mass is 405 g/mol. The highest BCUT2D eigenvalue weighted by Gasteiger charge is 2.31. The number of methoxy groups -OCH3 is 1. The van der Waals surface area contributed by atoms with Crippen LogP contribution in [0, 0.1) is 0 Å². The molecule has 0 aliphatic carbocycles. The maximum atomic E-state index is 12.4. The lowest BCUT2D eigenvalue weighted by atomic mass is 10.0. The van der Waals surface area contributed by atoms with Crippen molar-refractivity contribution in [1.82, 2.24) is 10.2 Å². The summed E-state index contributed by atoms with van der Waals surface area (Å²) in [6, 6.07) is 5.74. The van der Waals surface area contributed by atoms with E-state index in [-0.39, 0.29) is 43.4 Å². The van der Waals surface area contributed by atoms with E-state index in [0.717, 1.165) is 28.6 Å². The van der Waals surface area contributed by atoms with Crippen LogP contribution in [0.5, 0.6) is 5.75 Å². The van der Waals surface area contributed by atoms with E-state index in [9.17, 15) is 9.59 Å². The van der Waals surface area contributed by atoms with Crippen molar-refractivity contribution in [2.45, 2.75) is 18.9 Å². The smallest absolute Gasteiger partial charge is 0.242 e. The van der Waals surface area contributed by atoms with Crippen molar-refractivity contribution in [3.63, 3.8) is 0 Å². The summed E-state index contributed by atoms with van der Waals surface area (Å²) in [4.78, 5) is 25.3. The molecule has 1 aliphatic rings. The molecule has 1 atom stereocenters. The number of carbonyl (C=O) groups excluding carboxylic acids is 2. The third-order valence-corrected chi connectivity index (χ3v) is 4.24. The molecule has 2 amide bonds. The molecule has 0 aromatic heterocycles. The predicted octanol–water partition coefficient (Wildman–Crippen LogP) is 1.62. The van der Waals surface area contributed by atoms with Gasteiger partial charge in [-0.2, -0.15) is 0 Å². The third kappa shape index (κ3) is 4.83. The number of nitrogens with one attached hydrogen (secondary N) is 1. The number of ether oxygens (including phenoxy) is 1. The van der Waals surface area contributed by atoms with Gasteiger partial charge in [-0.3, -0.25) is 9.59 Å². The molecule has 1 saturated heterocycles. The number of halogens is 2. The molecule has 3 N–H and O–H groups in total. The summed E-state index contributed by atoms with van der Waals surface area (Å²) in [5, 5.41) is 2.53. The van der Waals surface area contributed by atoms with Gasteiger partial charge in [0.2, 0.25) is 11.8 Å². The standard InChI is InChI=1S/C15H20BrN3O3.ClH/c1-22-13-5-4-10(16)7-11(13)12-3-2-6-19(12)15(21)9-18-14(20)8-17;/h4-5,7,12H,2-3,6,8-9,17H2,1H3,(H,18,20);1H. The number of hydrogen-bond donors (Lipinski definition) is 2. The normalized spacial score (nSPS) is 16.7. The Morgan fingerprint density at radius 2 is 2.22 bits per heavy atom. The fourth-order valence-electron chi connectivity index (χ4n) is 2.70. The minimum Gasteiger partial charge on any atom is -0.496 e.